The van der Waals surface area contributed by atoms with Crippen LogP contribution in [0.15, 0.2) is 18.2 Å². The number of benzene rings is 1. The third kappa shape index (κ3) is 2.93. The predicted octanol–water partition coefficient (Wildman–Crippen LogP) is 3.81. The Balaban J connectivity index is 2.10. The second kappa shape index (κ2) is 4.99. The van der Waals surface area contributed by atoms with Crippen LogP contribution < -0.4 is 11.1 Å². The number of nitrogens with two attached hydrogens (primary N) is 1. The molecule has 0 heterocycles. The molecule has 1 aliphatic carbocycles. The van der Waals surface area contributed by atoms with Crippen molar-refractivity contribution in [2.24, 2.45) is 11.8 Å². The maximum Gasteiger partial charge on any atom is 0.0605 e. The van der Waals surface area contributed by atoms with E-state index in [1.54, 1.807) is 0 Å². The molecule has 1 aliphatic rings. The minimum atomic E-state index is 0.581. The molecule has 2 rings (SSSR count). The lowest BCUT2D eigenvalue weighted by molar-refractivity contribution is 0.281. The van der Waals surface area contributed by atoms with Gasteiger partial charge in [0.15, 0.2) is 0 Å². The zero-order chi connectivity index (χ0) is 12.4. The van der Waals surface area contributed by atoms with Gasteiger partial charge in [0, 0.05) is 6.04 Å². The van der Waals surface area contributed by atoms with E-state index in [2.05, 4.69) is 32.2 Å². The fraction of sp³-hybridized carbons (Fsp3) is 0.600. The maximum absolute atomic E-state index is 6.05. The van der Waals surface area contributed by atoms with E-state index in [-0.39, 0.29) is 0 Å². The number of rotatable bonds is 2. The summed E-state index contributed by atoms with van der Waals surface area (Å²) in [5.74, 6) is 1.64. The minimum Gasteiger partial charge on any atom is -0.397 e. The van der Waals surface area contributed by atoms with E-state index >= 15 is 0 Å². The normalized spacial score (nSPS) is 29.0. The second-order valence-corrected chi connectivity index (χ2v) is 5.80. The van der Waals surface area contributed by atoms with Crippen molar-refractivity contribution in [3.05, 3.63) is 23.8 Å². The molecule has 2 unspecified atom stereocenters. The molecule has 0 aromatic heterocycles. The first-order valence-electron chi connectivity index (χ1n) is 6.68. The van der Waals surface area contributed by atoms with Gasteiger partial charge in [-0.15, -0.1) is 0 Å². The smallest absolute Gasteiger partial charge is 0.0605 e. The Kier molecular flexibility index (Phi) is 3.60. The topological polar surface area (TPSA) is 38.0 Å². The molecule has 17 heavy (non-hydrogen) atoms. The Bertz CT molecular complexity index is 356. The van der Waals surface area contributed by atoms with Crippen LogP contribution in [0.4, 0.5) is 11.4 Å². The summed E-state index contributed by atoms with van der Waals surface area (Å²) in [7, 11) is 0. The highest BCUT2D eigenvalue weighted by molar-refractivity contribution is 5.70. The molecular weight excluding hydrogens is 208 g/mol. The molecule has 1 fully saturated rings. The highest BCUT2D eigenvalue weighted by Crippen LogP contribution is 2.32. The number of hydrogen-bond acceptors (Lipinski definition) is 2. The van der Waals surface area contributed by atoms with Crippen molar-refractivity contribution in [2.75, 3.05) is 11.1 Å². The molecule has 0 amide bonds. The van der Waals surface area contributed by atoms with Crippen molar-refractivity contribution < 1.29 is 0 Å². The molecular formula is C15H24N2. The Morgan fingerprint density at radius 1 is 1.12 bits per heavy atom. The SMILES string of the molecule is Cc1cccc(N)c1NC1CC(C)CC(C)C1. The van der Waals surface area contributed by atoms with Crippen molar-refractivity contribution in [1.82, 2.24) is 0 Å². The van der Waals surface area contributed by atoms with Crippen LogP contribution in [0.5, 0.6) is 0 Å². The van der Waals surface area contributed by atoms with Gasteiger partial charge in [-0.25, -0.2) is 0 Å². The van der Waals surface area contributed by atoms with E-state index in [1.807, 2.05) is 12.1 Å². The number of nitrogens with one attached hydrogen (secondary N) is 1. The molecule has 0 saturated heterocycles. The molecule has 0 aliphatic heterocycles. The summed E-state index contributed by atoms with van der Waals surface area (Å²) in [4.78, 5) is 0. The summed E-state index contributed by atoms with van der Waals surface area (Å²) in [6.45, 7) is 6.82. The second-order valence-electron chi connectivity index (χ2n) is 5.80. The first-order chi connectivity index (χ1) is 8.06. The molecule has 2 heteroatoms. The number of aryl methyl sites for hydroxylation is 1. The summed E-state index contributed by atoms with van der Waals surface area (Å²) in [5.41, 5.74) is 9.30. The van der Waals surface area contributed by atoms with Crippen molar-refractivity contribution in [3.8, 4) is 0 Å². The summed E-state index contributed by atoms with van der Waals surface area (Å²) in [5, 5.41) is 3.65. The third-order valence-electron chi connectivity index (χ3n) is 3.83. The zero-order valence-corrected chi connectivity index (χ0v) is 11.2. The van der Waals surface area contributed by atoms with Crippen molar-refractivity contribution in [2.45, 2.75) is 46.1 Å². The van der Waals surface area contributed by atoms with E-state index in [4.69, 9.17) is 5.73 Å². The zero-order valence-electron chi connectivity index (χ0n) is 11.2. The summed E-state index contributed by atoms with van der Waals surface area (Å²) >= 11 is 0. The first kappa shape index (κ1) is 12.3. The number of anilines is 2. The van der Waals surface area contributed by atoms with Crippen LogP contribution in [0, 0.1) is 18.8 Å². The Morgan fingerprint density at radius 3 is 2.35 bits per heavy atom. The number of para-hydroxylation sites is 1. The van der Waals surface area contributed by atoms with Gasteiger partial charge in [-0.05, 0) is 49.7 Å². The minimum absolute atomic E-state index is 0.581. The van der Waals surface area contributed by atoms with Gasteiger partial charge < -0.3 is 11.1 Å². The van der Waals surface area contributed by atoms with Crippen LogP contribution >= 0.6 is 0 Å². The molecule has 0 spiro atoms. The molecule has 1 aromatic rings. The molecule has 0 bridgehead atoms. The standard InChI is InChI=1S/C15H24N2/c1-10-7-11(2)9-13(8-10)17-15-12(3)5-4-6-14(15)16/h4-6,10-11,13,17H,7-9,16H2,1-3H3. The molecule has 2 atom stereocenters. The summed E-state index contributed by atoms with van der Waals surface area (Å²) in [6.07, 6.45) is 3.89. The lowest BCUT2D eigenvalue weighted by Crippen LogP contribution is -2.30. The number of nitrogen functional groups attached to an aromatic ring is 1. The average Bonchev–Trinajstić information content (AvgIpc) is 2.22. The van der Waals surface area contributed by atoms with Crippen LogP contribution in [0.2, 0.25) is 0 Å². The van der Waals surface area contributed by atoms with E-state index < -0.39 is 0 Å². The molecule has 0 radical (unpaired) electrons. The Morgan fingerprint density at radius 2 is 1.76 bits per heavy atom. The maximum atomic E-state index is 6.05. The van der Waals surface area contributed by atoms with Gasteiger partial charge in [-0.2, -0.15) is 0 Å². The van der Waals surface area contributed by atoms with Crippen LogP contribution in [-0.4, -0.2) is 6.04 Å². The van der Waals surface area contributed by atoms with E-state index in [0.29, 0.717) is 6.04 Å². The number of hydrogen-bond donors (Lipinski definition) is 2. The Labute approximate surface area is 105 Å². The largest absolute Gasteiger partial charge is 0.397 e. The van der Waals surface area contributed by atoms with E-state index in [1.165, 1.54) is 24.8 Å². The van der Waals surface area contributed by atoms with Gasteiger partial charge in [0.25, 0.3) is 0 Å². The molecule has 3 N–H and O–H groups in total. The van der Waals surface area contributed by atoms with Crippen LogP contribution in [0.1, 0.15) is 38.7 Å². The van der Waals surface area contributed by atoms with Crippen molar-refractivity contribution >= 4 is 11.4 Å². The highest BCUT2D eigenvalue weighted by Gasteiger charge is 2.24. The fourth-order valence-corrected chi connectivity index (χ4v) is 3.16. The Hall–Kier alpha value is -1.18. The van der Waals surface area contributed by atoms with Gasteiger partial charge in [-0.3, -0.25) is 0 Å². The first-order valence-corrected chi connectivity index (χ1v) is 6.68. The van der Waals surface area contributed by atoms with Crippen LogP contribution in [0.3, 0.4) is 0 Å². The van der Waals surface area contributed by atoms with E-state index in [0.717, 1.165) is 23.2 Å². The predicted molar refractivity (Wildman–Crippen MR) is 75.2 cm³/mol. The lowest BCUT2D eigenvalue weighted by Gasteiger charge is -2.33. The molecule has 2 nitrogen and oxygen atoms in total. The monoisotopic (exact) mass is 232 g/mol. The van der Waals surface area contributed by atoms with Gasteiger partial charge in [0.2, 0.25) is 0 Å². The molecule has 1 saturated carbocycles. The van der Waals surface area contributed by atoms with Crippen molar-refractivity contribution in [1.29, 1.82) is 0 Å². The quantitative estimate of drug-likeness (QED) is 0.761. The lowest BCUT2D eigenvalue weighted by atomic mass is 9.80. The van der Waals surface area contributed by atoms with Gasteiger partial charge >= 0.3 is 0 Å². The average molecular weight is 232 g/mol. The van der Waals surface area contributed by atoms with Gasteiger partial charge in [0.1, 0.15) is 0 Å². The molecule has 94 valence electrons. The summed E-state index contributed by atoms with van der Waals surface area (Å²) in [6, 6.07) is 6.69. The molecule has 1 aromatic carbocycles. The van der Waals surface area contributed by atoms with Crippen molar-refractivity contribution in [3.63, 3.8) is 0 Å². The highest BCUT2D eigenvalue weighted by atomic mass is 14.9. The van der Waals surface area contributed by atoms with Crippen LogP contribution in [-0.2, 0) is 0 Å². The van der Waals surface area contributed by atoms with Gasteiger partial charge in [-0.1, -0.05) is 26.0 Å². The summed E-state index contributed by atoms with van der Waals surface area (Å²) < 4.78 is 0. The third-order valence-corrected chi connectivity index (χ3v) is 3.83. The fourth-order valence-electron chi connectivity index (χ4n) is 3.16. The van der Waals surface area contributed by atoms with Gasteiger partial charge in [0.05, 0.1) is 11.4 Å². The van der Waals surface area contributed by atoms with Crippen LogP contribution in [0.25, 0.3) is 0 Å². The van der Waals surface area contributed by atoms with E-state index in [9.17, 15) is 0 Å².